The molecule has 168 valence electrons. The van der Waals surface area contributed by atoms with Crippen LogP contribution in [0.5, 0.6) is 0 Å². The molecule has 0 radical (unpaired) electrons. The molecule has 0 aliphatic carbocycles. The Balaban J connectivity index is 0.00000241. The third-order valence-corrected chi connectivity index (χ3v) is 5.77. The molecule has 0 unspecified atom stereocenters. The summed E-state index contributed by atoms with van der Waals surface area (Å²) in [5, 5.41) is 0. The summed E-state index contributed by atoms with van der Waals surface area (Å²) in [6, 6.07) is 15.7. The summed E-state index contributed by atoms with van der Waals surface area (Å²) >= 11 is 0. The van der Waals surface area contributed by atoms with E-state index in [1.165, 1.54) is 0 Å². The van der Waals surface area contributed by atoms with Gasteiger partial charge in [0.05, 0.1) is 28.4 Å². The van der Waals surface area contributed by atoms with Gasteiger partial charge in [0.2, 0.25) is 0 Å². The maximum Gasteiger partial charge on any atom is 2.00 e. The molecule has 0 atom stereocenters. The molecule has 6 aromatic rings. The first-order valence-corrected chi connectivity index (χ1v) is 10.5. The molecular formula is C25H18N8Pt. The summed E-state index contributed by atoms with van der Waals surface area (Å²) in [6.45, 7) is 4.11. The van der Waals surface area contributed by atoms with Gasteiger partial charge in [-0.15, -0.1) is 0 Å². The van der Waals surface area contributed by atoms with E-state index in [4.69, 9.17) is 9.97 Å². The molecular weight excluding hydrogens is 607 g/mol. The van der Waals surface area contributed by atoms with Crippen LogP contribution in [-0.4, -0.2) is 39.0 Å². The van der Waals surface area contributed by atoms with Gasteiger partial charge in [0.25, 0.3) is 0 Å². The number of para-hydroxylation sites is 4. The molecule has 0 fully saturated rings. The van der Waals surface area contributed by atoms with Crippen LogP contribution >= 0.6 is 0 Å². The van der Waals surface area contributed by atoms with Gasteiger partial charge in [-0.2, -0.15) is 0 Å². The fourth-order valence-electron chi connectivity index (χ4n) is 3.82. The Labute approximate surface area is 210 Å². The van der Waals surface area contributed by atoms with Crippen molar-refractivity contribution in [1.29, 1.82) is 0 Å². The van der Waals surface area contributed by atoms with Crippen molar-refractivity contribution in [3.05, 3.63) is 97.4 Å². The number of hydrogen-bond donors (Lipinski definition) is 0. The molecule has 0 bridgehead atoms. The number of fused-ring (bicyclic) bond motifs is 2. The van der Waals surface area contributed by atoms with E-state index >= 15 is 0 Å². The predicted octanol–water partition coefficient (Wildman–Crippen LogP) is 3.87. The molecule has 34 heavy (non-hydrogen) atoms. The van der Waals surface area contributed by atoms with Gasteiger partial charge in [-0.3, -0.25) is 19.9 Å². The molecule has 0 saturated carbocycles. The molecule has 9 heteroatoms. The second-order valence-corrected chi connectivity index (χ2v) is 8.22. The second kappa shape index (κ2) is 8.54. The SMILES string of the molecule is CC(C)(c1cncc(-n2[c-]nc3ccccc32)n1)c1cncc(-n2[c-]nc3ccccc32)n1.[Pt+2]. The van der Waals surface area contributed by atoms with Crippen LogP contribution in [0.2, 0.25) is 0 Å². The Kier molecular flexibility index (Phi) is 5.54. The van der Waals surface area contributed by atoms with E-state index < -0.39 is 5.41 Å². The van der Waals surface area contributed by atoms with Crippen LogP contribution in [0.25, 0.3) is 33.7 Å². The van der Waals surface area contributed by atoms with E-state index in [1.54, 1.807) is 24.8 Å². The van der Waals surface area contributed by atoms with Crippen LogP contribution in [0.3, 0.4) is 0 Å². The van der Waals surface area contributed by atoms with E-state index in [0.717, 1.165) is 33.5 Å². The van der Waals surface area contributed by atoms with E-state index in [1.807, 2.05) is 57.7 Å². The van der Waals surface area contributed by atoms with Gasteiger partial charge in [0.1, 0.15) is 0 Å². The Hall–Kier alpha value is -3.77. The zero-order valence-corrected chi connectivity index (χ0v) is 20.6. The van der Waals surface area contributed by atoms with Gasteiger partial charge < -0.3 is 19.1 Å². The molecule has 0 spiro atoms. The van der Waals surface area contributed by atoms with E-state index in [2.05, 4.69) is 46.4 Å². The monoisotopic (exact) mass is 625 g/mol. The largest absolute Gasteiger partial charge is 2.00 e. The number of nitrogens with zero attached hydrogens (tertiary/aromatic N) is 8. The normalized spacial score (nSPS) is 11.6. The minimum Gasteiger partial charge on any atom is -0.410 e. The van der Waals surface area contributed by atoms with Crippen LogP contribution < -0.4 is 0 Å². The van der Waals surface area contributed by atoms with Gasteiger partial charge >= 0.3 is 21.1 Å². The van der Waals surface area contributed by atoms with Gasteiger partial charge in [0, 0.05) is 37.4 Å². The van der Waals surface area contributed by atoms with Gasteiger partial charge in [-0.25, -0.2) is 0 Å². The number of aromatic nitrogens is 8. The average molecular weight is 626 g/mol. The quantitative estimate of drug-likeness (QED) is 0.277. The second-order valence-electron chi connectivity index (χ2n) is 8.22. The summed E-state index contributed by atoms with van der Waals surface area (Å²) in [4.78, 5) is 27.4. The van der Waals surface area contributed by atoms with Gasteiger partial charge in [-0.05, 0) is 24.9 Å². The Bertz CT molecular complexity index is 1500. The van der Waals surface area contributed by atoms with Crippen molar-refractivity contribution in [3.63, 3.8) is 0 Å². The summed E-state index contributed by atoms with van der Waals surface area (Å²) in [5.41, 5.74) is 4.52. The van der Waals surface area contributed by atoms with Gasteiger partial charge in [-0.1, -0.05) is 59.6 Å². The van der Waals surface area contributed by atoms with Crippen molar-refractivity contribution in [2.75, 3.05) is 0 Å². The molecule has 8 nitrogen and oxygen atoms in total. The first kappa shape index (κ1) is 22.0. The van der Waals surface area contributed by atoms with Crippen molar-refractivity contribution >= 4 is 22.1 Å². The topological polar surface area (TPSA) is 87.2 Å². The Morgan fingerprint density at radius 2 is 1.09 bits per heavy atom. The molecule has 4 heterocycles. The molecule has 0 aliphatic heterocycles. The van der Waals surface area contributed by atoms with E-state index in [9.17, 15) is 0 Å². The summed E-state index contributed by atoms with van der Waals surface area (Å²) < 4.78 is 3.63. The minimum atomic E-state index is -0.557. The van der Waals surface area contributed by atoms with E-state index in [0.29, 0.717) is 11.6 Å². The van der Waals surface area contributed by atoms with Crippen molar-refractivity contribution < 1.29 is 21.1 Å². The molecule has 0 saturated heterocycles. The van der Waals surface area contributed by atoms with Crippen molar-refractivity contribution in [1.82, 2.24) is 39.0 Å². The third-order valence-electron chi connectivity index (χ3n) is 5.77. The smallest absolute Gasteiger partial charge is 0.410 e. The summed E-state index contributed by atoms with van der Waals surface area (Å²) in [7, 11) is 0. The third kappa shape index (κ3) is 3.60. The Morgan fingerprint density at radius 3 is 1.56 bits per heavy atom. The van der Waals surface area contributed by atoms with Crippen molar-refractivity contribution in [3.8, 4) is 11.6 Å². The van der Waals surface area contributed by atoms with Crippen LogP contribution in [0, 0.1) is 12.7 Å². The average Bonchev–Trinajstić information content (AvgIpc) is 3.49. The van der Waals surface area contributed by atoms with Gasteiger partial charge in [0.15, 0.2) is 0 Å². The number of imidazole rings is 2. The molecule has 0 N–H and O–H groups in total. The maximum atomic E-state index is 4.89. The fourth-order valence-corrected chi connectivity index (χ4v) is 3.82. The first-order chi connectivity index (χ1) is 16.1. The van der Waals surface area contributed by atoms with Crippen molar-refractivity contribution in [2.45, 2.75) is 19.3 Å². The summed E-state index contributed by atoms with van der Waals surface area (Å²) in [5.74, 6) is 1.29. The molecule has 2 aromatic carbocycles. The standard InChI is InChI=1S/C25H18N8.Pt/c1-25(2,21-11-26-13-23(30-21)32-15-28-17-7-3-5-9-19(17)32)22-12-27-14-24(31-22)33-16-29-18-8-4-6-10-20(18)33;/h3-14H,1-2H3;/q-2;+2. The maximum absolute atomic E-state index is 4.89. The molecule has 0 aliphatic rings. The Morgan fingerprint density at radius 1 is 0.647 bits per heavy atom. The number of rotatable bonds is 4. The van der Waals surface area contributed by atoms with Crippen LogP contribution in [0.15, 0.2) is 73.3 Å². The molecule has 6 rings (SSSR count). The fraction of sp³-hybridized carbons (Fsp3) is 0.120. The van der Waals surface area contributed by atoms with Crippen molar-refractivity contribution in [2.24, 2.45) is 0 Å². The minimum absolute atomic E-state index is 0. The first-order valence-electron chi connectivity index (χ1n) is 10.5. The summed E-state index contributed by atoms with van der Waals surface area (Å²) in [6.07, 6.45) is 13.0. The van der Waals surface area contributed by atoms with Crippen LogP contribution in [0.4, 0.5) is 0 Å². The van der Waals surface area contributed by atoms with Crippen LogP contribution in [0.1, 0.15) is 25.2 Å². The predicted molar refractivity (Wildman–Crippen MR) is 123 cm³/mol. The van der Waals surface area contributed by atoms with Crippen LogP contribution in [-0.2, 0) is 26.5 Å². The zero-order chi connectivity index (χ0) is 22.4. The molecule has 4 aromatic heterocycles. The van der Waals surface area contributed by atoms with E-state index in [-0.39, 0.29) is 21.1 Å². The number of benzene rings is 2. The zero-order valence-electron chi connectivity index (χ0n) is 18.3. The number of hydrogen-bond acceptors (Lipinski definition) is 6. The molecule has 0 amide bonds.